The molecule has 0 aromatic rings. The fourth-order valence-electron chi connectivity index (χ4n) is 1.50. The third-order valence-electron chi connectivity index (χ3n) is 2.43. The topological polar surface area (TPSA) is 127 Å². The lowest BCUT2D eigenvalue weighted by molar-refractivity contribution is -0.0278. The second-order valence-electron chi connectivity index (χ2n) is 3.64. The highest BCUT2D eigenvalue weighted by atomic mass is 31.2. The van der Waals surface area contributed by atoms with E-state index in [9.17, 15) is 19.2 Å². The molecule has 0 aliphatic carbocycles. The molecule has 1 heterocycles. The standard InChI is InChI=1S/C7H14FO7P/c8-5(16(12,13)14)1-3-6(10)7(11)4(2-9)15-3/h3-7,9-11H,1-2H2,(H2,12,13,14)/t3-,4-,5+,6-,7-/m1/s1. The van der Waals surface area contributed by atoms with Crippen molar-refractivity contribution >= 4 is 7.60 Å². The normalized spacial score (nSPS) is 37.6. The van der Waals surface area contributed by atoms with Gasteiger partial charge in [-0.1, -0.05) is 0 Å². The lowest BCUT2D eigenvalue weighted by Crippen LogP contribution is -2.34. The van der Waals surface area contributed by atoms with Crippen LogP contribution in [0.5, 0.6) is 0 Å². The molecule has 7 nitrogen and oxygen atoms in total. The van der Waals surface area contributed by atoms with Crippen LogP contribution in [0.25, 0.3) is 0 Å². The number of ether oxygens (including phenoxy) is 1. The summed E-state index contributed by atoms with van der Waals surface area (Å²) in [5, 5.41) is 27.4. The SMILES string of the molecule is O=P(O)(O)[C@H](F)C[C@H]1O[C@H](CO)[C@@H](O)[C@@H]1O. The zero-order chi connectivity index (χ0) is 12.5. The smallest absolute Gasteiger partial charge is 0.359 e. The van der Waals surface area contributed by atoms with E-state index >= 15 is 0 Å². The van der Waals surface area contributed by atoms with Crippen LogP contribution in [-0.2, 0) is 9.30 Å². The van der Waals surface area contributed by atoms with E-state index in [2.05, 4.69) is 0 Å². The van der Waals surface area contributed by atoms with E-state index in [1.165, 1.54) is 0 Å². The van der Waals surface area contributed by atoms with Gasteiger partial charge in [-0.25, -0.2) is 4.39 Å². The summed E-state index contributed by atoms with van der Waals surface area (Å²) in [7, 11) is -4.89. The summed E-state index contributed by atoms with van der Waals surface area (Å²) in [5.41, 5.74) is 0. The zero-order valence-electron chi connectivity index (χ0n) is 8.18. The Balaban J connectivity index is 2.60. The van der Waals surface area contributed by atoms with Crippen LogP contribution < -0.4 is 0 Å². The van der Waals surface area contributed by atoms with Crippen LogP contribution in [-0.4, -0.2) is 62.0 Å². The first kappa shape index (κ1) is 14.0. The number of aliphatic hydroxyl groups excluding tert-OH is 3. The van der Waals surface area contributed by atoms with Crippen molar-refractivity contribution in [1.82, 2.24) is 0 Å². The van der Waals surface area contributed by atoms with Crippen molar-refractivity contribution in [2.45, 2.75) is 36.7 Å². The fourth-order valence-corrected chi connectivity index (χ4v) is 1.98. The van der Waals surface area contributed by atoms with Crippen LogP contribution in [0, 0.1) is 0 Å². The molecule has 9 heteroatoms. The van der Waals surface area contributed by atoms with Gasteiger partial charge in [0, 0.05) is 6.42 Å². The average molecular weight is 260 g/mol. The molecular weight excluding hydrogens is 246 g/mol. The lowest BCUT2D eigenvalue weighted by atomic mass is 10.1. The van der Waals surface area contributed by atoms with Crippen LogP contribution in [0.2, 0.25) is 0 Å². The molecular formula is C7H14FO7P. The maximum Gasteiger partial charge on any atom is 0.359 e. The van der Waals surface area contributed by atoms with Gasteiger partial charge >= 0.3 is 7.60 Å². The maximum absolute atomic E-state index is 13.0. The molecule has 5 N–H and O–H groups in total. The van der Waals surface area contributed by atoms with Crippen molar-refractivity contribution in [3.63, 3.8) is 0 Å². The predicted molar refractivity (Wildman–Crippen MR) is 49.3 cm³/mol. The molecule has 96 valence electrons. The molecule has 0 unspecified atom stereocenters. The summed E-state index contributed by atoms with van der Waals surface area (Å²) >= 11 is 0. The van der Waals surface area contributed by atoms with E-state index in [0.717, 1.165) is 0 Å². The van der Waals surface area contributed by atoms with Gasteiger partial charge in [-0.05, 0) is 0 Å². The molecule has 1 rings (SSSR count). The summed E-state index contributed by atoms with van der Waals surface area (Å²) in [6.07, 6.45) is -5.90. The van der Waals surface area contributed by atoms with Crippen LogP contribution in [0.15, 0.2) is 0 Å². The van der Waals surface area contributed by atoms with E-state index in [0.29, 0.717) is 0 Å². The van der Waals surface area contributed by atoms with Gasteiger partial charge in [-0.15, -0.1) is 0 Å². The Morgan fingerprint density at radius 3 is 2.12 bits per heavy atom. The molecule has 0 saturated carbocycles. The molecule has 0 aromatic carbocycles. The molecule has 0 bridgehead atoms. The van der Waals surface area contributed by atoms with Crippen molar-refractivity contribution in [3.05, 3.63) is 0 Å². The van der Waals surface area contributed by atoms with Gasteiger partial charge in [0.1, 0.15) is 18.3 Å². The van der Waals surface area contributed by atoms with Crippen molar-refractivity contribution in [2.75, 3.05) is 6.61 Å². The van der Waals surface area contributed by atoms with Crippen molar-refractivity contribution < 1.29 is 38.8 Å². The van der Waals surface area contributed by atoms with E-state index in [1.807, 2.05) is 0 Å². The maximum atomic E-state index is 13.0. The molecule has 0 radical (unpaired) electrons. The minimum atomic E-state index is -4.89. The van der Waals surface area contributed by atoms with Gasteiger partial charge in [0.15, 0.2) is 0 Å². The number of halogens is 1. The third-order valence-corrected chi connectivity index (χ3v) is 3.37. The Kier molecular flexibility index (Phi) is 4.42. The summed E-state index contributed by atoms with van der Waals surface area (Å²) in [5.74, 6) is -2.46. The van der Waals surface area contributed by atoms with E-state index in [4.69, 9.17) is 19.6 Å². The number of aliphatic hydroxyl groups is 3. The van der Waals surface area contributed by atoms with E-state index in [1.54, 1.807) is 0 Å². The highest BCUT2D eigenvalue weighted by molar-refractivity contribution is 7.52. The van der Waals surface area contributed by atoms with E-state index in [-0.39, 0.29) is 0 Å². The Morgan fingerprint density at radius 2 is 1.75 bits per heavy atom. The van der Waals surface area contributed by atoms with Crippen LogP contribution in [0.4, 0.5) is 4.39 Å². The Hall–Kier alpha value is -0.0800. The molecule has 0 spiro atoms. The number of hydrogen-bond acceptors (Lipinski definition) is 5. The summed E-state index contributed by atoms with van der Waals surface area (Å²) in [6.45, 7) is -0.568. The number of hydrogen-bond donors (Lipinski definition) is 5. The van der Waals surface area contributed by atoms with Gasteiger partial charge in [0.25, 0.3) is 0 Å². The Morgan fingerprint density at radius 1 is 1.25 bits per heavy atom. The summed E-state index contributed by atoms with van der Waals surface area (Å²) in [4.78, 5) is 17.0. The number of rotatable bonds is 4. The molecule has 16 heavy (non-hydrogen) atoms. The Labute approximate surface area is 90.6 Å². The minimum Gasteiger partial charge on any atom is -0.394 e. The highest BCUT2D eigenvalue weighted by Crippen LogP contribution is 2.45. The van der Waals surface area contributed by atoms with E-state index < -0.39 is 51.0 Å². The van der Waals surface area contributed by atoms with Crippen LogP contribution in [0.1, 0.15) is 6.42 Å². The molecule has 0 aromatic heterocycles. The summed E-state index contributed by atoms with van der Waals surface area (Å²) in [6, 6.07) is 0. The van der Waals surface area contributed by atoms with Crippen LogP contribution >= 0.6 is 7.60 Å². The van der Waals surface area contributed by atoms with Gasteiger partial charge in [-0.3, -0.25) is 4.57 Å². The monoisotopic (exact) mass is 260 g/mol. The highest BCUT2D eigenvalue weighted by Gasteiger charge is 2.45. The van der Waals surface area contributed by atoms with Gasteiger partial charge < -0.3 is 29.8 Å². The lowest BCUT2D eigenvalue weighted by Gasteiger charge is -2.17. The molecule has 5 atom stereocenters. The van der Waals surface area contributed by atoms with Gasteiger partial charge in [-0.2, -0.15) is 0 Å². The average Bonchev–Trinajstić information content (AvgIpc) is 2.44. The first-order chi connectivity index (χ1) is 7.27. The molecule has 1 saturated heterocycles. The summed E-state index contributed by atoms with van der Waals surface area (Å²) < 4.78 is 28.4. The van der Waals surface area contributed by atoms with Crippen molar-refractivity contribution in [1.29, 1.82) is 0 Å². The fraction of sp³-hybridized carbons (Fsp3) is 1.00. The first-order valence-corrected chi connectivity index (χ1v) is 6.27. The number of alkyl halides is 1. The second-order valence-corrected chi connectivity index (χ2v) is 5.37. The zero-order valence-corrected chi connectivity index (χ0v) is 9.07. The molecule has 1 fully saturated rings. The predicted octanol–water partition coefficient (Wildman–Crippen LogP) is -1.67. The van der Waals surface area contributed by atoms with Gasteiger partial charge in [0.2, 0.25) is 5.91 Å². The minimum absolute atomic E-state index is 0.568. The molecule has 1 aliphatic rings. The van der Waals surface area contributed by atoms with Gasteiger partial charge in [0.05, 0.1) is 12.7 Å². The molecule has 1 aliphatic heterocycles. The first-order valence-electron chi connectivity index (χ1n) is 4.59. The largest absolute Gasteiger partial charge is 0.394 e. The van der Waals surface area contributed by atoms with Crippen molar-refractivity contribution in [3.8, 4) is 0 Å². The van der Waals surface area contributed by atoms with Crippen molar-refractivity contribution in [2.24, 2.45) is 0 Å². The quantitative estimate of drug-likeness (QED) is 0.382. The second kappa shape index (κ2) is 5.05. The Bertz CT molecular complexity index is 282. The van der Waals surface area contributed by atoms with Crippen LogP contribution in [0.3, 0.4) is 0 Å². The third kappa shape index (κ3) is 2.98. The molecule has 0 amide bonds.